The molecule has 2 aromatic carbocycles. The number of aromatic nitrogens is 1. The first-order chi connectivity index (χ1) is 14.1. The summed E-state index contributed by atoms with van der Waals surface area (Å²) in [4.78, 5) is 4.01. The first-order valence-corrected chi connectivity index (χ1v) is 9.94. The molecule has 0 fully saturated rings. The van der Waals surface area contributed by atoms with Gasteiger partial charge in [-0.25, -0.2) is 4.39 Å². The molecule has 4 nitrogen and oxygen atoms in total. The molecular weight excluding hydrogens is 414 g/mol. The van der Waals surface area contributed by atoms with E-state index < -0.39 is 0 Å². The molecule has 0 aliphatic heterocycles. The quantitative estimate of drug-likeness (QED) is 0.462. The van der Waals surface area contributed by atoms with Crippen molar-refractivity contribution in [2.75, 3.05) is 6.61 Å². The maximum atomic E-state index is 13.2. The van der Waals surface area contributed by atoms with E-state index in [9.17, 15) is 4.39 Å². The summed E-state index contributed by atoms with van der Waals surface area (Å²) in [5.41, 5.74) is 2.71. The summed E-state index contributed by atoms with van der Waals surface area (Å²) in [5.74, 6) is 0.714. The zero-order valence-corrected chi connectivity index (χ0v) is 17.4. The van der Waals surface area contributed by atoms with Crippen molar-refractivity contribution in [1.82, 2.24) is 10.3 Å². The van der Waals surface area contributed by atoms with Crippen LogP contribution in [-0.4, -0.2) is 11.6 Å². The number of hydrogen-bond acceptors (Lipinski definition) is 4. The molecule has 0 spiro atoms. The highest BCUT2D eigenvalue weighted by Gasteiger charge is 2.12. The van der Waals surface area contributed by atoms with Gasteiger partial charge in [-0.05, 0) is 48.4 Å². The predicted molar refractivity (Wildman–Crippen MR) is 113 cm³/mol. The second-order valence-electron chi connectivity index (χ2n) is 6.31. The maximum absolute atomic E-state index is 13.2. The molecule has 0 aliphatic rings. The third-order valence-corrected chi connectivity index (χ3v) is 4.91. The molecule has 3 rings (SSSR count). The van der Waals surface area contributed by atoms with Crippen molar-refractivity contribution in [2.24, 2.45) is 0 Å². The highest BCUT2D eigenvalue weighted by Crippen LogP contribution is 2.34. The van der Waals surface area contributed by atoms with Crippen molar-refractivity contribution in [3.05, 3.63) is 87.4 Å². The largest absolute Gasteiger partial charge is 0.490 e. The maximum Gasteiger partial charge on any atom is 0.163 e. The number of nitrogens with one attached hydrogen (secondary N) is 1. The number of halogens is 3. The molecule has 0 radical (unpaired) electrons. The van der Waals surface area contributed by atoms with Gasteiger partial charge < -0.3 is 14.8 Å². The van der Waals surface area contributed by atoms with Crippen molar-refractivity contribution in [2.45, 2.75) is 26.6 Å². The third kappa shape index (κ3) is 6.07. The first-order valence-electron chi connectivity index (χ1n) is 9.18. The second kappa shape index (κ2) is 10.4. The molecular formula is C22H21Cl2FN2O2. The summed E-state index contributed by atoms with van der Waals surface area (Å²) in [6, 6.07) is 11.7. The molecule has 29 heavy (non-hydrogen) atoms. The average Bonchev–Trinajstić information content (AvgIpc) is 2.71. The Morgan fingerprint density at radius 1 is 0.897 bits per heavy atom. The molecule has 0 unspecified atom stereocenters. The first kappa shape index (κ1) is 21.4. The van der Waals surface area contributed by atoms with Crippen LogP contribution in [0.15, 0.2) is 54.9 Å². The standard InChI is InChI=1S/C22H21Cl2FN2O2/c1-2-28-21-9-17(13-27-12-15-5-7-26-8-6-15)20(24)11-22(21)29-14-16-3-4-18(25)10-19(16)23/h3-11,27H,2,12-14H2,1H3. The Labute approximate surface area is 179 Å². The van der Waals surface area contributed by atoms with E-state index in [1.165, 1.54) is 12.1 Å². The van der Waals surface area contributed by atoms with Gasteiger partial charge in [0.25, 0.3) is 0 Å². The summed E-state index contributed by atoms with van der Waals surface area (Å²) < 4.78 is 24.8. The molecule has 0 saturated heterocycles. The van der Waals surface area contributed by atoms with Gasteiger partial charge in [0.15, 0.2) is 11.5 Å². The zero-order valence-electron chi connectivity index (χ0n) is 15.9. The van der Waals surface area contributed by atoms with Crippen LogP contribution < -0.4 is 14.8 Å². The van der Waals surface area contributed by atoms with Gasteiger partial charge in [-0.2, -0.15) is 0 Å². The summed E-state index contributed by atoms with van der Waals surface area (Å²) in [7, 11) is 0. The molecule has 0 saturated carbocycles. The Hall–Kier alpha value is -2.34. The molecule has 1 N–H and O–H groups in total. The number of benzene rings is 2. The Balaban J connectivity index is 1.69. The minimum Gasteiger partial charge on any atom is -0.490 e. The van der Waals surface area contributed by atoms with Gasteiger partial charge in [0.1, 0.15) is 12.4 Å². The van der Waals surface area contributed by atoms with Gasteiger partial charge in [-0.1, -0.05) is 29.3 Å². The fourth-order valence-electron chi connectivity index (χ4n) is 2.73. The lowest BCUT2D eigenvalue weighted by Crippen LogP contribution is -2.13. The molecule has 1 heterocycles. The van der Waals surface area contributed by atoms with Crippen LogP contribution in [0.2, 0.25) is 10.0 Å². The second-order valence-corrected chi connectivity index (χ2v) is 7.12. The monoisotopic (exact) mass is 434 g/mol. The molecule has 3 aromatic rings. The van der Waals surface area contributed by atoms with E-state index in [-0.39, 0.29) is 12.4 Å². The van der Waals surface area contributed by atoms with Crippen molar-refractivity contribution in [1.29, 1.82) is 0 Å². The third-order valence-electron chi connectivity index (χ3n) is 4.20. The lowest BCUT2D eigenvalue weighted by atomic mass is 10.2. The van der Waals surface area contributed by atoms with E-state index >= 15 is 0 Å². The highest BCUT2D eigenvalue weighted by molar-refractivity contribution is 6.31. The normalized spacial score (nSPS) is 10.8. The minimum atomic E-state index is -0.389. The van der Waals surface area contributed by atoms with Gasteiger partial charge in [0.2, 0.25) is 0 Å². The Kier molecular flexibility index (Phi) is 7.69. The molecule has 0 aliphatic carbocycles. The minimum absolute atomic E-state index is 0.176. The van der Waals surface area contributed by atoms with Crippen LogP contribution in [-0.2, 0) is 19.7 Å². The van der Waals surface area contributed by atoms with E-state index in [4.69, 9.17) is 32.7 Å². The fourth-order valence-corrected chi connectivity index (χ4v) is 3.17. The zero-order chi connectivity index (χ0) is 20.6. The number of rotatable bonds is 9. The van der Waals surface area contributed by atoms with E-state index in [0.717, 1.165) is 11.1 Å². The highest BCUT2D eigenvalue weighted by atomic mass is 35.5. The topological polar surface area (TPSA) is 43.4 Å². The van der Waals surface area contributed by atoms with Crippen LogP contribution in [0.25, 0.3) is 0 Å². The van der Waals surface area contributed by atoms with Gasteiger partial charge >= 0.3 is 0 Å². The number of hydrogen-bond donors (Lipinski definition) is 1. The van der Waals surface area contributed by atoms with Crippen LogP contribution in [0.1, 0.15) is 23.6 Å². The molecule has 152 valence electrons. The number of ether oxygens (including phenoxy) is 2. The Bertz CT molecular complexity index is 955. The number of pyridine rings is 1. The summed E-state index contributed by atoms with van der Waals surface area (Å²) in [5, 5.41) is 4.23. The lowest BCUT2D eigenvalue weighted by Gasteiger charge is -2.16. The van der Waals surface area contributed by atoms with Gasteiger partial charge in [0, 0.05) is 42.1 Å². The van der Waals surface area contributed by atoms with Crippen LogP contribution in [0.3, 0.4) is 0 Å². The van der Waals surface area contributed by atoms with Gasteiger partial charge in [0.05, 0.1) is 11.6 Å². The fraction of sp³-hybridized carbons (Fsp3) is 0.227. The van der Waals surface area contributed by atoms with Gasteiger partial charge in [-0.15, -0.1) is 0 Å². The molecule has 7 heteroatoms. The van der Waals surface area contributed by atoms with E-state index in [1.807, 2.05) is 25.1 Å². The lowest BCUT2D eigenvalue weighted by molar-refractivity contribution is 0.269. The van der Waals surface area contributed by atoms with Crippen LogP contribution in [0.5, 0.6) is 11.5 Å². The van der Waals surface area contributed by atoms with E-state index in [0.29, 0.717) is 46.8 Å². The summed E-state index contributed by atoms with van der Waals surface area (Å²) in [6.45, 7) is 3.83. The molecule has 0 atom stereocenters. The van der Waals surface area contributed by atoms with Crippen molar-refractivity contribution in [3.8, 4) is 11.5 Å². The predicted octanol–water partition coefficient (Wildman–Crippen LogP) is 5.80. The Morgan fingerprint density at radius 3 is 2.34 bits per heavy atom. The smallest absolute Gasteiger partial charge is 0.163 e. The molecule has 0 bridgehead atoms. The van der Waals surface area contributed by atoms with Crippen LogP contribution in [0.4, 0.5) is 4.39 Å². The molecule has 0 amide bonds. The molecule has 1 aromatic heterocycles. The SMILES string of the molecule is CCOc1cc(CNCc2ccncc2)c(Cl)cc1OCc1ccc(F)cc1Cl. The summed E-state index contributed by atoms with van der Waals surface area (Å²) >= 11 is 12.5. The van der Waals surface area contributed by atoms with Gasteiger partial charge in [-0.3, -0.25) is 4.98 Å². The van der Waals surface area contributed by atoms with Crippen LogP contribution >= 0.6 is 23.2 Å². The van der Waals surface area contributed by atoms with Crippen molar-refractivity contribution in [3.63, 3.8) is 0 Å². The van der Waals surface area contributed by atoms with Crippen LogP contribution in [0, 0.1) is 5.82 Å². The average molecular weight is 435 g/mol. The Morgan fingerprint density at radius 2 is 1.62 bits per heavy atom. The van der Waals surface area contributed by atoms with Crippen molar-refractivity contribution < 1.29 is 13.9 Å². The van der Waals surface area contributed by atoms with E-state index in [1.54, 1.807) is 24.5 Å². The summed E-state index contributed by atoms with van der Waals surface area (Å²) in [6.07, 6.45) is 3.52. The number of nitrogens with zero attached hydrogens (tertiary/aromatic N) is 1. The van der Waals surface area contributed by atoms with Crippen molar-refractivity contribution >= 4 is 23.2 Å². The van der Waals surface area contributed by atoms with E-state index in [2.05, 4.69) is 10.3 Å².